The highest BCUT2D eigenvalue weighted by Gasteiger charge is 2.51. The standard InChI is InChI=1S/C34H38N2O/c1-35-29-14-16-30(17-15-29)37-25-7-22-36-23-19-28(20-24-36)34(21-6-10-27-9-3-5-12-32(27)34)33-18-13-26-8-2-4-11-31(26)33/h2-5,8-9,11-12,14-17,28,33H,6-7,10,13,18-25H2. The molecule has 3 aromatic rings. The zero-order valence-corrected chi connectivity index (χ0v) is 21.9. The summed E-state index contributed by atoms with van der Waals surface area (Å²) < 4.78 is 5.94. The lowest BCUT2D eigenvalue weighted by molar-refractivity contribution is 0.0916. The molecule has 1 heterocycles. The Labute approximate surface area is 222 Å². The van der Waals surface area contributed by atoms with Gasteiger partial charge in [0.1, 0.15) is 5.75 Å². The number of aryl methyl sites for hydroxylation is 2. The minimum absolute atomic E-state index is 0.286. The van der Waals surface area contributed by atoms with Gasteiger partial charge in [-0.25, -0.2) is 4.85 Å². The van der Waals surface area contributed by atoms with Crippen LogP contribution >= 0.6 is 0 Å². The van der Waals surface area contributed by atoms with Crippen molar-refractivity contribution >= 4 is 5.69 Å². The van der Waals surface area contributed by atoms with E-state index in [1.807, 2.05) is 24.3 Å². The predicted octanol–water partition coefficient (Wildman–Crippen LogP) is 7.72. The van der Waals surface area contributed by atoms with Gasteiger partial charge in [-0.15, -0.1) is 0 Å². The summed E-state index contributed by atoms with van der Waals surface area (Å²) in [6.07, 6.45) is 10.1. The topological polar surface area (TPSA) is 16.8 Å². The molecule has 0 aromatic heterocycles. The summed E-state index contributed by atoms with van der Waals surface area (Å²) >= 11 is 0. The molecule has 0 spiro atoms. The molecule has 0 N–H and O–H groups in total. The molecule has 3 aliphatic rings. The van der Waals surface area contributed by atoms with Crippen LogP contribution in [0, 0.1) is 12.5 Å². The second kappa shape index (κ2) is 10.7. The van der Waals surface area contributed by atoms with E-state index in [-0.39, 0.29) is 5.41 Å². The number of fused-ring (bicyclic) bond motifs is 2. The van der Waals surface area contributed by atoms with Crippen molar-refractivity contribution in [3.8, 4) is 5.75 Å². The first-order chi connectivity index (χ1) is 18.3. The zero-order valence-electron chi connectivity index (χ0n) is 21.9. The van der Waals surface area contributed by atoms with Crippen molar-refractivity contribution in [3.05, 3.63) is 106 Å². The SMILES string of the molecule is [C-]#[N+]c1ccc(OCCCN2CCC(C3(C4CCc5ccccc54)CCCc4ccccc43)CC2)cc1. The lowest BCUT2D eigenvalue weighted by atomic mass is 9.53. The van der Waals surface area contributed by atoms with Crippen molar-refractivity contribution in [2.45, 2.75) is 62.7 Å². The van der Waals surface area contributed by atoms with Crippen LogP contribution < -0.4 is 4.74 Å². The van der Waals surface area contributed by atoms with Gasteiger partial charge in [-0.05, 0) is 111 Å². The van der Waals surface area contributed by atoms with Crippen LogP contribution in [0.15, 0.2) is 72.8 Å². The number of likely N-dealkylation sites (tertiary alicyclic amines) is 1. The maximum atomic E-state index is 7.08. The summed E-state index contributed by atoms with van der Waals surface area (Å²) in [4.78, 5) is 6.11. The molecular formula is C34H38N2O. The number of ether oxygens (including phenoxy) is 1. The highest BCUT2D eigenvalue weighted by molar-refractivity contribution is 5.47. The molecule has 0 amide bonds. The number of rotatable bonds is 7. The molecular weight excluding hydrogens is 452 g/mol. The van der Waals surface area contributed by atoms with E-state index in [4.69, 9.17) is 11.3 Å². The van der Waals surface area contributed by atoms with Gasteiger partial charge in [-0.2, -0.15) is 0 Å². The molecule has 1 fully saturated rings. The summed E-state index contributed by atoms with van der Waals surface area (Å²) in [5, 5.41) is 0. The minimum atomic E-state index is 0.286. The first kappa shape index (κ1) is 24.3. The number of benzene rings is 3. The van der Waals surface area contributed by atoms with E-state index in [9.17, 15) is 0 Å². The molecule has 6 rings (SSSR count). The van der Waals surface area contributed by atoms with Crippen LogP contribution in [0.4, 0.5) is 5.69 Å². The Morgan fingerprint density at radius 2 is 1.62 bits per heavy atom. The van der Waals surface area contributed by atoms with Crippen molar-refractivity contribution in [2.24, 2.45) is 5.92 Å². The van der Waals surface area contributed by atoms with Crippen molar-refractivity contribution in [2.75, 3.05) is 26.2 Å². The molecule has 3 aromatic carbocycles. The van der Waals surface area contributed by atoms with Crippen molar-refractivity contribution in [1.82, 2.24) is 4.90 Å². The molecule has 2 unspecified atom stereocenters. The second-order valence-corrected chi connectivity index (χ2v) is 11.3. The molecule has 2 atom stereocenters. The Morgan fingerprint density at radius 1 is 0.865 bits per heavy atom. The van der Waals surface area contributed by atoms with Gasteiger partial charge in [0.2, 0.25) is 0 Å². The van der Waals surface area contributed by atoms with Gasteiger partial charge >= 0.3 is 0 Å². The van der Waals surface area contributed by atoms with Gasteiger partial charge in [0.05, 0.1) is 13.2 Å². The zero-order chi connectivity index (χ0) is 25.1. The molecule has 1 aliphatic heterocycles. The largest absolute Gasteiger partial charge is 0.494 e. The van der Waals surface area contributed by atoms with Crippen molar-refractivity contribution in [1.29, 1.82) is 0 Å². The van der Waals surface area contributed by atoms with Gasteiger partial charge in [-0.1, -0.05) is 60.7 Å². The van der Waals surface area contributed by atoms with Crippen LogP contribution in [0.25, 0.3) is 4.85 Å². The molecule has 1 saturated heterocycles. The Kier molecular flexibility index (Phi) is 7.03. The molecule has 190 valence electrons. The number of hydrogen-bond donors (Lipinski definition) is 0. The lowest BCUT2D eigenvalue weighted by Gasteiger charge is -2.52. The van der Waals surface area contributed by atoms with Crippen LogP contribution in [-0.2, 0) is 18.3 Å². The summed E-state index contributed by atoms with van der Waals surface area (Å²) in [6.45, 7) is 11.3. The highest BCUT2D eigenvalue weighted by atomic mass is 16.5. The van der Waals surface area contributed by atoms with E-state index in [0.29, 0.717) is 11.6 Å². The van der Waals surface area contributed by atoms with Gasteiger partial charge in [0.25, 0.3) is 0 Å². The fourth-order valence-corrected chi connectivity index (χ4v) is 7.83. The van der Waals surface area contributed by atoms with Crippen molar-refractivity contribution < 1.29 is 4.74 Å². The van der Waals surface area contributed by atoms with E-state index in [2.05, 4.69) is 58.3 Å². The first-order valence-corrected chi connectivity index (χ1v) is 14.3. The summed E-state index contributed by atoms with van der Waals surface area (Å²) in [5.41, 5.74) is 7.48. The molecule has 0 radical (unpaired) electrons. The lowest BCUT2D eigenvalue weighted by Crippen LogP contribution is -2.48. The van der Waals surface area contributed by atoms with Crippen LogP contribution in [0.3, 0.4) is 0 Å². The normalized spacial score (nSPS) is 23.7. The van der Waals surface area contributed by atoms with Gasteiger partial charge < -0.3 is 9.64 Å². The maximum Gasteiger partial charge on any atom is 0.187 e. The number of hydrogen-bond acceptors (Lipinski definition) is 2. The van der Waals surface area contributed by atoms with E-state index in [1.165, 1.54) is 58.0 Å². The molecule has 37 heavy (non-hydrogen) atoms. The Hall–Kier alpha value is -3.09. The second-order valence-electron chi connectivity index (χ2n) is 11.3. The van der Waals surface area contributed by atoms with Gasteiger partial charge in [0, 0.05) is 12.0 Å². The van der Waals surface area contributed by atoms with Gasteiger partial charge in [-0.3, -0.25) is 0 Å². The third kappa shape index (κ3) is 4.69. The Bertz CT molecular complexity index is 1250. The molecule has 0 saturated carbocycles. The summed E-state index contributed by atoms with van der Waals surface area (Å²) in [7, 11) is 0. The third-order valence-electron chi connectivity index (χ3n) is 9.48. The number of nitrogens with zero attached hydrogens (tertiary/aromatic N) is 2. The van der Waals surface area contributed by atoms with E-state index < -0.39 is 0 Å². The maximum absolute atomic E-state index is 7.08. The monoisotopic (exact) mass is 490 g/mol. The third-order valence-corrected chi connectivity index (χ3v) is 9.48. The fraction of sp³-hybridized carbons (Fsp3) is 0.441. The van der Waals surface area contributed by atoms with Gasteiger partial charge in [0.15, 0.2) is 5.69 Å². The molecule has 3 nitrogen and oxygen atoms in total. The first-order valence-electron chi connectivity index (χ1n) is 14.3. The summed E-state index contributed by atoms with van der Waals surface area (Å²) in [5.74, 6) is 2.27. The Morgan fingerprint density at radius 3 is 2.43 bits per heavy atom. The van der Waals surface area contributed by atoms with E-state index in [1.54, 1.807) is 22.3 Å². The quantitative estimate of drug-likeness (QED) is 0.249. The van der Waals surface area contributed by atoms with Crippen LogP contribution in [0.2, 0.25) is 0 Å². The molecule has 0 bridgehead atoms. The van der Waals surface area contributed by atoms with E-state index >= 15 is 0 Å². The van der Waals surface area contributed by atoms with Crippen LogP contribution in [0.1, 0.15) is 66.7 Å². The Balaban J connectivity index is 1.14. The minimum Gasteiger partial charge on any atom is -0.494 e. The average Bonchev–Trinajstić information content (AvgIpc) is 3.40. The van der Waals surface area contributed by atoms with Crippen molar-refractivity contribution in [3.63, 3.8) is 0 Å². The molecule has 3 heteroatoms. The fourth-order valence-electron chi connectivity index (χ4n) is 7.83. The predicted molar refractivity (Wildman–Crippen MR) is 151 cm³/mol. The smallest absolute Gasteiger partial charge is 0.187 e. The summed E-state index contributed by atoms with van der Waals surface area (Å²) in [6, 6.07) is 26.2. The highest BCUT2D eigenvalue weighted by Crippen LogP contribution is 2.58. The molecule has 2 aliphatic carbocycles. The van der Waals surface area contributed by atoms with Crippen LogP contribution in [-0.4, -0.2) is 31.1 Å². The van der Waals surface area contributed by atoms with Crippen LogP contribution in [0.5, 0.6) is 5.75 Å². The number of piperidine rings is 1. The van der Waals surface area contributed by atoms with E-state index in [0.717, 1.165) is 31.2 Å². The average molecular weight is 491 g/mol.